The normalized spacial score (nSPS) is 18.2. The van der Waals surface area contributed by atoms with E-state index in [0.717, 1.165) is 18.1 Å². The summed E-state index contributed by atoms with van der Waals surface area (Å²) in [5.74, 6) is 1.83. The summed E-state index contributed by atoms with van der Waals surface area (Å²) in [4.78, 5) is 0. The number of hydrogen-bond acceptors (Lipinski definition) is 2. The maximum Gasteiger partial charge on any atom is 0.118 e. The van der Waals surface area contributed by atoms with E-state index in [4.69, 9.17) is 4.74 Å². The van der Waals surface area contributed by atoms with Crippen LogP contribution in [0.1, 0.15) is 44.1 Å². The SMILES string of the molecule is CNC(CCc1ccc(OC)cc1)C1CCCCC1. The van der Waals surface area contributed by atoms with E-state index in [1.807, 2.05) is 0 Å². The molecule has 2 nitrogen and oxygen atoms in total. The second-order valence-electron chi connectivity index (χ2n) is 5.68. The number of hydrogen-bond donors (Lipinski definition) is 1. The summed E-state index contributed by atoms with van der Waals surface area (Å²) in [5, 5.41) is 3.54. The highest BCUT2D eigenvalue weighted by atomic mass is 16.5. The van der Waals surface area contributed by atoms with Crippen molar-refractivity contribution in [3.63, 3.8) is 0 Å². The Bertz CT molecular complexity index is 354. The van der Waals surface area contributed by atoms with Crippen LogP contribution in [0, 0.1) is 5.92 Å². The molecular weight excluding hydrogens is 234 g/mol. The maximum absolute atomic E-state index is 5.20. The summed E-state index contributed by atoms with van der Waals surface area (Å²) in [6.07, 6.45) is 9.50. The van der Waals surface area contributed by atoms with Gasteiger partial charge in [0.1, 0.15) is 5.75 Å². The minimum Gasteiger partial charge on any atom is -0.497 e. The predicted molar refractivity (Wildman–Crippen MR) is 80.7 cm³/mol. The third kappa shape index (κ3) is 4.24. The molecule has 0 bridgehead atoms. The summed E-state index contributed by atoms with van der Waals surface area (Å²) in [5.41, 5.74) is 1.41. The van der Waals surface area contributed by atoms with E-state index >= 15 is 0 Å². The molecule has 1 saturated carbocycles. The lowest BCUT2D eigenvalue weighted by Crippen LogP contribution is -2.35. The van der Waals surface area contributed by atoms with Gasteiger partial charge in [0.15, 0.2) is 0 Å². The van der Waals surface area contributed by atoms with Gasteiger partial charge in [0.2, 0.25) is 0 Å². The first-order chi connectivity index (χ1) is 9.33. The fraction of sp³-hybridized carbons (Fsp3) is 0.647. The summed E-state index contributed by atoms with van der Waals surface area (Å²) in [7, 11) is 3.84. The van der Waals surface area contributed by atoms with E-state index in [0.29, 0.717) is 6.04 Å². The van der Waals surface area contributed by atoms with Crippen molar-refractivity contribution < 1.29 is 4.74 Å². The second kappa shape index (κ2) is 7.54. The van der Waals surface area contributed by atoms with Crippen molar-refractivity contribution in [2.75, 3.05) is 14.2 Å². The molecule has 1 aliphatic carbocycles. The molecule has 1 N–H and O–H groups in total. The van der Waals surface area contributed by atoms with Crippen molar-refractivity contribution in [1.29, 1.82) is 0 Å². The molecule has 1 aliphatic rings. The summed E-state index contributed by atoms with van der Waals surface area (Å²) in [6.45, 7) is 0. The van der Waals surface area contributed by atoms with Crippen LogP contribution < -0.4 is 10.1 Å². The van der Waals surface area contributed by atoms with Gasteiger partial charge in [-0.3, -0.25) is 0 Å². The van der Waals surface area contributed by atoms with Crippen LogP contribution in [0.25, 0.3) is 0 Å². The van der Waals surface area contributed by atoms with Gasteiger partial charge in [-0.2, -0.15) is 0 Å². The average Bonchev–Trinajstić information content (AvgIpc) is 2.49. The Kier molecular flexibility index (Phi) is 5.71. The Hall–Kier alpha value is -1.02. The highest BCUT2D eigenvalue weighted by Gasteiger charge is 2.21. The smallest absolute Gasteiger partial charge is 0.118 e. The van der Waals surface area contributed by atoms with E-state index < -0.39 is 0 Å². The molecular formula is C17H27NO. The van der Waals surface area contributed by atoms with Gasteiger partial charge in [0, 0.05) is 6.04 Å². The molecule has 106 valence electrons. The lowest BCUT2D eigenvalue weighted by atomic mass is 9.82. The van der Waals surface area contributed by atoms with Crippen LogP contribution in [0.3, 0.4) is 0 Å². The Balaban J connectivity index is 1.84. The standard InChI is InChI=1S/C17H27NO/c1-18-17(15-6-4-3-5-7-15)13-10-14-8-11-16(19-2)12-9-14/h8-9,11-12,15,17-18H,3-7,10,13H2,1-2H3. The topological polar surface area (TPSA) is 21.3 Å². The van der Waals surface area contributed by atoms with Crippen molar-refractivity contribution in [2.24, 2.45) is 5.92 Å². The Morgan fingerprint density at radius 1 is 1.16 bits per heavy atom. The van der Waals surface area contributed by atoms with Crippen molar-refractivity contribution in [3.8, 4) is 5.75 Å². The molecule has 2 heteroatoms. The average molecular weight is 261 g/mol. The predicted octanol–water partition coefficient (Wildman–Crippen LogP) is 3.80. The molecule has 0 aromatic heterocycles. The van der Waals surface area contributed by atoms with Crippen LogP contribution in [0.15, 0.2) is 24.3 Å². The van der Waals surface area contributed by atoms with Gasteiger partial charge in [-0.15, -0.1) is 0 Å². The molecule has 1 unspecified atom stereocenters. The van der Waals surface area contributed by atoms with Crippen LogP contribution in [0.4, 0.5) is 0 Å². The summed E-state index contributed by atoms with van der Waals surface area (Å²) in [6, 6.07) is 9.18. The molecule has 0 heterocycles. The van der Waals surface area contributed by atoms with E-state index in [1.54, 1.807) is 7.11 Å². The van der Waals surface area contributed by atoms with Crippen molar-refractivity contribution in [2.45, 2.75) is 51.0 Å². The molecule has 0 aliphatic heterocycles. The fourth-order valence-corrected chi connectivity index (χ4v) is 3.27. The maximum atomic E-state index is 5.20. The highest BCUT2D eigenvalue weighted by molar-refractivity contribution is 5.27. The van der Waals surface area contributed by atoms with Gasteiger partial charge in [0.05, 0.1) is 7.11 Å². The van der Waals surface area contributed by atoms with Gasteiger partial charge >= 0.3 is 0 Å². The molecule has 19 heavy (non-hydrogen) atoms. The lowest BCUT2D eigenvalue weighted by Gasteiger charge is -2.30. The molecule has 1 atom stereocenters. The Morgan fingerprint density at radius 2 is 1.84 bits per heavy atom. The van der Waals surface area contributed by atoms with Gasteiger partial charge in [-0.05, 0) is 56.3 Å². The monoisotopic (exact) mass is 261 g/mol. The molecule has 1 fully saturated rings. The van der Waals surface area contributed by atoms with Crippen LogP contribution in [0.2, 0.25) is 0 Å². The van der Waals surface area contributed by atoms with Crippen LogP contribution in [-0.4, -0.2) is 20.2 Å². The number of nitrogens with one attached hydrogen (secondary N) is 1. The lowest BCUT2D eigenvalue weighted by molar-refractivity contribution is 0.268. The van der Waals surface area contributed by atoms with Gasteiger partial charge < -0.3 is 10.1 Å². The minimum atomic E-state index is 0.683. The number of ether oxygens (including phenoxy) is 1. The van der Waals surface area contributed by atoms with Crippen molar-refractivity contribution in [3.05, 3.63) is 29.8 Å². The van der Waals surface area contributed by atoms with Crippen LogP contribution in [-0.2, 0) is 6.42 Å². The third-order valence-corrected chi connectivity index (χ3v) is 4.49. The first-order valence-electron chi connectivity index (χ1n) is 7.63. The van der Waals surface area contributed by atoms with Crippen LogP contribution in [0.5, 0.6) is 5.75 Å². The Morgan fingerprint density at radius 3 is 2.42 bits per heavy atom. The number of benzene rings is 1. The van der Waals surface area contributed by atoms with Gasteiger partial charge in [0.25, 0.3) is 0 Å². The largest absolute Gasteiger partial charge is 0.497 e. The molecule has 2 rings (SSSR count). The zero-order chi connectivity index (χ0) is 13.5. The third-order valence-electron chi connectivity index (χ3n) is 4.49. The van der Waals surface area contributed by atoms with Crippen molar-refractivity contribution in [1.82, 2.24) is 5.32 Å². The van der Waals surface area contributed by atoms with E-state index in [2.05, 4.69) is 36.6 Å². The molecule has 0 amide bonds. The number of methoxy groups -OCH3 is 1. The quantitative estimate of drug-likeness (QED) is 0.841. The molecule has 0 saturated heterocycles. The van der Waals surface area contributed by atoms with Gasteiger partial charge in [-0.1, -0.05) is 31.4 Å². The fourth-order valence-electron chi connectivity index (χ4n) is 3.27. The van der Waals surface area contributed by atoms with Crippen molar-refractivity contribution >= 4 is 0 Å². The summed E-state index contributed by atoms with van der Waals surface area (Å²) < 4.78 is 5.20. The minimum absolute atomic E-state index is 0.683. The number of aryl methyl sites for hydroxylation is 1. The van der Waals surface area contributed by atoms with Gasteiger partial charge in [-0.25, -0.2) is 0 Å². The first kappa shape index (κ1) is 14.4. The molecule has 1 aromatic rings. The van der Waals surface area contributed by atoms with Crippen LogP contribution >= 0.6 is 0 Å². The molecule has 1 aromatic carbocycles. The zero-order valence-corrected chi connectivity index (χ0v) is 12.3. The Labute approximate surface area is 117 Å². The molecule has 0 spiro atoms. The zero-order valence-electron chi connectivity index (χ0n) is 12.3. The van der Waals surface area contributed by atoms with E-state index in [-0.39, 0.29) is 0 Å². The highest BCUT2D eigenvalue weighted by Crippen LogP contribution is 2.28. The van der Waals surface area contributed by atoms with E-state index in [1.165, 1.54) is 44.1 Å². The molecule has 0 radical (unpaired) electrons. The number of rotatable bonds is 6. The first-order valence-corrected chi connectivity index (χ1v) is 7.63. The van der Waals surface area contributed by atoms with E-state index in [9.17, 15) is 0 Å². The summed E-state index contributed by atoms with van der Waals surface area (Å²) >= 11 is 0. The second-order valence-corrected chi connectivity index (χ2v) is 5.68.